The van der Waals surface area contributed by atoms with Crippen LogP contribution >= 0.6 is 0 Å². The topological polar surface area (TPSA) is 164 Å². The van der Waals surface area contributed by atoms with Gasteiger partial charge in [-0.3, -0.25) is 0 Å². The van der Waals surface area contributed by atoms with Gasteiger partial charge >= 0.3 is 18.3 Å². The molecule has 0 aliphatic rings. The van der Waals surface area contributed by atoms with E-state index in [1.165, 1.54) is 19.1 Å². The number of benzene rings is 1. The number of aliphatic hydroxyl groups is 2. The first-order valence-electron chi connectivity index (χ1n) is 8.59. The van der Waals surface area contributed by atoms with E-state index < -0.39 is 49.2 Å². The number of carbonyl (C=O) groups is 1. The summed E-state index contributed by atoms with van der Waals surface area (Å²) >= 11 is 0. The zero-order valence-corrected chi connectivity index (χ0v) is 16.3. The van der Waals surface area contributed by atoms with Crippen molar-refractivity contribution in [3.8, 4) is 0 Å². The Balaban J connectivity index is 0. The average molecular weight is 488 g/mol. The van der Waals surface area contributed by atoms with Crippen LogP contribution in [0.15, 0.2) is 40.6 Å². The summed E-state index contributed by atoms with van der Waals surface area (Å²) in [6.07, 6.45) is -15.2. The maximum atomic E-state index is 12.3. The van der Waals surface area contributed by atoms with Gasteiger partial charge in [0.25, 0.3) is 0 Å². The van der Waals surface area contributed by atoms with E-state index in [0.717, 1.165) is 0 Å². The van der Waals surface area contributed by atoms with Crippen molar-refractivity contribution in [2.45, 2.75) is 57.4 Å². The molecule has 0 saturated heterocycles. The fourth-order valence-corrected chi connectivity index (χ4v) is 1.94. The summed E-state index contributed by atoms with van der Waals surface area (Å²) in [5.41, 5.74) is 16.2. The molecule has 16 heteroatoms. The number of hydrogen-bond donors (Lipinski definition) is 2. The Morgan fingerprint density at radius 2 is 1.39 bits per heavy atom. The van der Waals surface area contributed by atoms with E-state index >= 15 is 0 Å². The highest BCUT2D eigenvalue weighted by molar-refractivity contribution is 5.89. The summed E-state index contributed by atoms with van der Waals surface area (Å²) in [5.74, 6) is -0.877. The molecule has 0 fully saturated rings. The molecule has 4 atom stereocenters. The van der Waals surface area contributed by atoms with Gasteiger partial charge in [0.2, 0.25) is 0 Å². The molecule has 0 saturated carbocycles. The summed E-state index contributed by atoms with van der Waals surface area (Å²) in [5, 5.41) is 23.2. The van der Waals surface area contributed by atoms with Gasteiger partial charge in [-0.2, -0.15) is 26.3 Å². The minimum Gasteiger partial charge on any atom is -0.462 e. The zero-order valence-electron chi connectivity index (χ0n) is 16.3. The van der Waals surface area contributed by atoms with Gasteiger partial charge < -0.3 is 14.9 Å². The van der Waals surface area contributed by atoms with Crippen molar-refractivity contribution >= 4 is 5.97 Å². The van der Waals surface area contributed by atoms with Crippen molar-refractivity contribution in [1.29, 1.82) is 0 Å². The Morgan fingerprint density at radius 1 is 0.970 bits per heavy atom. The smallest absolute Gasteiger partial charge is 0.414 e. The summed E-state index contributed by atoms with van der Waals surface area (Å²) in [6.45, 7) is 0.521. The van der Waals surface area contributed by atoms with Crippen LogP contribution in [-0.2, 0) is 4.74 Å². The molecule has 0 aliphatic heterocycles. The van der Waals surface area contributed by atoms with Gasteiger partial charge in [-0.15, -0.1) is 0 Å². The Bertz CT molecular complexity index is 810. The van der Waals surface area contributed by atoms with Crippen LogP contribution in [0.2, 0.25) is 0 Å². The Labute approximate surface area is 184 Å². The van der Waals surface area contributed by atoms with Crippen LogP contribution in [0.5, 0.6) is 0 Å². The fourth-order valence-electron chi connectivity index (χ4n) is 1.94. The van der Waals surface area contributed by atoms with Gasteiger partial charge in [0.05, 0.1) is 11.6 Å². The lowest BCUT2D eigenvalue weighted by molar-refractivity contribution is -0.211. The number of alkyl halides is 6. The molecule has 0 heterocycles. The molecular formula is C17H22F6N6O4. The lowest BCUT2D eigenvalue weighted by atomic mass is 10.1. The Morgan fingerprint density at radius 3 is 1.79 bits per heavy atom. The van der Waals surface area contributed by atoms with Crippen LogP contribution in [0.1, 0.15) is 31.1 Å². The number of esters is 1. The van der Waals surface area contributed by atoms with E-state index in [1.54, 1.807) is 18.2 Å². The largest absolute Gasteiger partial charge is 0.462 e. The number of rotatable bonds is 8. The van der Waals surface area contributed by atoms with Gasteiger partial charge in [-0.1, -0.05) is 42.8 Å². The first-order valence-corrected chi connectivity index (χ1v) is 8.59. The van der Waals surface area contributed by atoms with Crippen molar-refractivity contribution in [2.75, 3.05) is 6.61 Å². The first kappa shape index (κ1) is 32.0. The van der Waals surface area contributed by atoms with Crippen molar-refractivity contribution in [1.82, 2.24) is 0 Å². The maximum absolute atomic E-state index is 12.3. The van der Waals surface area contributed by atoms with Gasteiger partial charge in [-0.25, -0.2) is 4.79 Å². The number of hydrogen-bond acceptors (Lipinski definition) is 6. The lowest BCUT2D eigenvalue weighted by Crippen LogP contribution is -2.41. The molecule has 0 amide bonds. The van der Waals surface area contributed by atoms with Gasteiger partial charge in [0, 0.05) is 9.82 Å². The molecule has 0 aliphatic carbocycles. The highest BCUT2D eigenvalue weighted by Crippen LogP contribution is 2.25. The van der Waals surface area contributed by atoms with E-state index in [0.29, 0.717) is 0 Å². The molecule has 33 heavy (non-hydrogen) atoms. The molecule has 2 N–H and O–H groups in total. The number of nitrogens with zero attached hydrogens (tertiary/aromatic N) is 6. The van der Waals surface area contributed by atoms with Crippen LogP contribution < -0.4 is 0 Å². The Hall–Kier alpha value is -3.19. The van der Waals surface area contributed by atoms with Gasteiger partial charge in [0.15, 0.2) is 12.2 Å². The summed E-state index contributed by atoms with van der Waals surface area (Å²) < 4.78 is 76.8. The normalized spacial score (nSPS) is 14.5. The van der Waals surface area contributed by atoms with E-state index in [-0.39, 0.29) is 19.4 Å². The van der Waals surface area contributed by atoms with Gasteiger partial charge in [-0.05, 0) is 29.6 Å². The highest BCUT2D eigenvalue weighted by atomic mass is 19.4. The second kappa shape index (κ2) is 14.8. The van der Waals surface area contributed by atoms with E-state index in [1.807, 2.05) is 0 Å². The zero-order chi connectivity index (χ0) is 24.9. The molecule has 0 unspecified atom stereocenters. The van der Waals surface area contributed by atoms with Crippen LogP contribution in [0, 0.1) is 0 Å². The predicted octanol–water partition coefficient (Wildman–Crippen LogP) is 5.08. The third-order valence-electron chi connectivity index (χ3n) is 3.61. The second-order valence-corrected chi connectivity index (χ2v) is 5.89. The van der Waals surface area contributed by atoms with Crippen molar-refractivity contribution in [2.24, 2.45) is 10.2 Å². The van der Waals surface area contributed by atoms with Crippen LogP contribution in [0.3, 0.4) is 0 Å². The van der Waals surface area contributed by atoms with E-state index in [4.69, 9.17) is 21.3 Å². The summed E-state index contributed by atoms with van der Waals surface area (Å²) in [7, 11) is 0. The standard InChI is InChI=1S/C11H10F3N3O3.C5H8F3N3O.CH4/c12-11(13,14)9(18)8(16-17-15)6-20-10(19)7-4-2-1-3-5-7;1-2-3(10-11-9)4(12)5(6,7)8;/h1-5,8-9,18H,6H2;3-4,12H,2H2,1H3;1H4/t8-,9-;3-,4-;/m10./s1. The van der Waals surface area contributed by atoms with Crippen molar-refractivity contribution < 1.29 is 46.1 Å². The molecule has 1 aromatic carbocycles. The molecule has 1 aromatic rings. The van der Waals surface area contributed by atoms with E-state index in [9.17, 15) is 31.1 Å². The third kappa shape index (κ3) is 11.8. The quantitative estimate of drug-likeness (QED) is 0.171. The third-order valence-corrected chi connectivity index (χ3v) is 3.61. The predicted molar refractivity (Wildman–Crippen MR) is 104 cm³/mol. The number of aliphatic hydroxyl groups excluding tert-OH is 2. The lowest BCUT2D eigenvalue weighted by Gasteiger charge is -2.20. The minimum absolute atomic E-state index is 0. The van der Waals surface area contributed by atoms with Crippen LogP contribution in [0.25, 0.3) is 20.9 Å². The molecule has 0 bridgehead atoms. The summed E-state index contributed by atoms with van der Waals surface area (Å²) in [4.78, 5) is 15.9. The van der Waals surface area contributed by atoms with Gasteiger partial charge in [0.1, 0.15) is 12.6 Å². The monoisotopic (exact) mass is 488 g/mol. The molecule has 0 spiro atoms. The van der Waals surface area contributed by atoms with Crippen LogP contribution in [0.4, 0.5) is 26.3 Å². The fraction of sp³-hybridized carbons (Fsp3) is 0.588. The number of halogens is 6. The Kier molecular flexibility index (Phi) is 14.3. The first-order chi connectivity index (χ1) is 14.8. The van der Waals surface area contributed by atoms with Crippen LogP contribution in [-0.4, -0.2) is 59.4 Å². The molecule has 0 aromatic heterocycles. The molecular weight excluding hydrogens is 466 g/mol. The molecule has 1 rings (SSSR count). The highest BCUT2D eigenvalue weighted by Gasteiger charge is 2.44. The number of carbonyl (C=O) groups excluding carboxylic acids is 1. The molecule has 0 radical (unpaired) electrons. The molecule has 10 nitrogen and oxygen atoms in total. The van der Waals surface area contributed by atoms with Crippen molar-refractivity contribution in [3.05, 3.63) is 56.8 Å². The van der Waals surface area contributed by atoms with E-state index in [2.05, 4.69) is 24.8 Å². The molecule has 186 valence electrons. The average Bonchev–Trinajstić information content (AvgIpc) is 2.73. The van der Waals surface area contributed by atoms with Crippen molar-refractivity contribution in [3.63, 3.8) is 0 Å². The number of azide groups is 2. The maximum Gasteiger partial charge on any atom is 0.414 e. The SMILES string of the molecule is C.CC[C@H](N=[N+]=[N-])[C@H](O)C(F)(F)F.[N-]=[N+]=N[C@H](COC(=O)c1ccccc1)[C@@H](O)C(F)(F)F. The summed E-state index contributed by atoms with van der Waals surface area (Å²) in [6, 6.07) is 4.18. The second-order valence-electron chi connectivity index (χ2n) is 5.89. The minimum atomic E-state index is -4.97. The number of ether oxygens (including phenoxy) is 1.